The SMILES string of the molecule is NC(=O)NN=Cc1cc(OC(F)(F)F)cc([N+](=O)[O-])c1O. The van der Waals surface area contributed by atoms with Crippen LogP contribution < -0.4 is 15.9 Å². The highest BCUT2D eigenvalue weighted by Crippen LogP contribution is 2.35. The molecule has 4 N–H and O–H groups in total. The average Bonchev–Trinajstić information content (AvgIpc) is 2.30. The first kappa shape index (κ1) is 16.0. The third-order valence-electron chi connectivity index (χ3n) is 1.90. The summed E-state index contributed by atoms with van der Waals surface area (Å²) in [7, 11) is 0. The number of carbonyl (C=O) groups is 1. The number of phenols is 1. The number of nitrogens with two attached hydrogens (primary N) is 1. The molecule has 21 heavy (non-hydrogen) atoms. The predicted molar refractivity (Wildman–Crippen MR) is 61.8 cm³/mol. The van der Waals surface area contributed by atoms with Crippen LogP contribution in [0, 0.1) is 10.1 Å². The number of benzene rings is 1. The monoisotopic (exact) mass is 308 g/mol. The smallest absolute Gasteiger partial charge is 0.502 e. The molecule has 12 heteroatoms. The molecule has 0 radical (unpaired) electrons. The maximum absolute atomic E-state index is 12.1. The maximum Gasteiger partial charge on any atom is 0.573 e. The Labute approximate surface area is 114 Å². The van der Waals surface area contributed by atoms with Gasteiger partial charge in [-0.15, -0.1) is 13.2 Å². The first-order valence-corrected chi connectivity index (χ1v) is 4.96. The number of primary amides is 1. The van der Waals surface area contributed by atoms with Gasteiger partial charge in [-0.3, -0.25) is 10.1 Å². The van der Waals surface area contributed by atoms with Crippen molar-refractivity contribution in [2.75, 3.05) is 0 Å². The molecule has 0 heterocycles. The first-order valence-electron chi connectivity index (χ1n) is 4.96. The van der Waals surface area contributed by atoms with Gasteiger partial charge in [-0.05, 0) is 6.07 Å². The molecule has 0 aliphatic rings. The van der Waals surface area contributed by atoms with Gasteiger partial charge in [0, 0.05) is 5.56 Å². The van der Waals surface area contributed by atoms with Gasteiger partial charge in [0.1, 0.15) is 5.75 Å². The van der Waals surface area contributed by atoms with E-state index < -0.39 is 40.1 Å². The molecule has 0 aliphatic heterocycles. The van der Waals surface area contributed by atoms with Crippen LogP contribution in [0.25, 0.3) is 0 Å². The number of nitrogens with zero attached hydrogens (tertiary/aromatic N) is 2. The summed E-state index contributed by atoms with van der Waals surface area (Å²) in [5.41, 5.74) is 4.86. The highest BCUT2D eigenvalue weighted by Gasteiger charge is 2.32. The number of nitro groups is 1. The summed E-state index contributed by atoms with van der Waals surface area (Å²) >= 11 is 0. The first-order chi connectivity index (χ1) is 9.60. The van der Waals surface area contributed by atoms with Crippen LogP contribution in [0.4, 0.5) is 23.7 Å². The Bertz CT molecular complexity index is 602. The quantitative estimate of drug-likeness (QED) is 0.435. The van der Waals surface area contributed by atoms with Crippen LogP contribution in [0.3, 0.4) is 0 Å². The zero-order valence-corrected chi connectivity index (χ0v) is 9.92. The molecule has 0 atom stereocenters. The number of nitrogens with one attached hydrogen (secondary N) is 1. The number of ether oxygens (including phenoxy) is 1. The van der Waals surface area contributed by atoms with Crippen molar-refractivity contribution in [3.05, 3.63) is 27.8 Å². The van der Waals surface area contributed by atoms with Crippen LogP contribution >= 0.6 is 0 Å². The van der Waals surface area contributed by atoms with Crippen LogP contribution in [-0.2, 0) is 0 Å². The number of aromatic hydroxyl groups is 1. The Balaban J connectivity index is 3.24. The fraction of sp³-hybridized carbons (Fsp3) is 0.111. The molecule has 0 bridgehead atoms. The minimum absolute atomic E-state index is 0.391. The molecule has 0 fully saturated rings. The third-order valence-corrected chi connectivity index (χ3v) is 1.90. The van der Waals surface area contributed by atoms with Crippen molar-refractivity contribution >= 4 is 17.9 Å². The van der Waals surface area contributed by atoms with Crippen LogP contribution in [0.5, 0.6) is 11.5 Å². The highest BCUT2D eigenvalue weighted by molar-refractivity contribution is 5.87. The van der Waals surface area contributed by atoms with E-state index in [2.05, 4.69) is 15.6 Å². The van der Waals surface area contributed by atoms with Crippen LogP contribution in [0.1, 0.15) is 5.56 Å². The summed E-state index contributed by atoms with van der Waals surface area (Å²) in [4.78, 5) is 19.9. The second-order valence-electron chi connectivity index (χ2n) is 3.42. The van der Waals surface area contributed by atoms with E-state index in [1.54, 1.807) is 5.43 Å². The van der Waals surface area contributed by atoms with Crippen LogP contribution in [0.2, 0.25) is 0 Å². The lowest BCUT2D eigenvalue weighted by Crippen LogP contribution is -2.24. The Morgan fingerprint density at radius 1 is 1.52 bits per heavy atom. The number of hydrogen-bond acceptors (Lipinski definition) is 6. The summed E-state index contributed by atoms with van der Waals surface area (Å²) < 4.78 is 39.8. The van der Waals surface area contributed by atoms with E-state index >= 15 is 0 Å². The number of alkyl halides is 3. The number of nitro benzene ring substituents is 1. The molecule has 0 saturated carbocycles. The van der Waals surface area contributed by atoms with Gasteiger partial charge >= 0.3 is 18.1 Å². The van der Waals surface area contributed by atoms with E-state index in [0.717, 1.165) is 0 Å². The number of phenolic OH excluding ortho intramolecular Hbond substituents is 1. The third kappa shape index (κ3) is 4.85. The molecule has 0 spiro atoms. The molecule has 114 valence electrons. The number of halogens is 3. The molecule has 2 amide bonds. The molecule has 1 aromatic carbocycles. The number of urea groups is 1. The van der Waals surface area contributed by atoms with Gasteiger partial charge in [0.2, 0.25) is 5.75 Å². The van der Waals surface area contributed by atoms with E-state index in [1.165, 1.54) is 0 Å². The van der Waals surface area contributed by atoms with Crippen molar-refractivity contribution in [3.63, 3.8) is 0 Å². The Kier molecular flexibility index (Phi) is 4.53. The van der Waals surface area contributed by atoms with Gasteiger partial charge in [0.15, 0.2) is 0 Å². The van der Waals surface area contributed by atoms with Crippen LogP contribution in [0.15, 0.2) is 17.2 Å². The van der Waals surface area contributed by atoms with E-state index in [9.17, 15) is 33.2 Å². The number of hydrogen-bond donors (Lipinski definition) is 3. The van der Waals surface area contributed by atoms with Crippen molar-refractivity contribution in [1.82, 2.24) is 5.43 Å². The van der Waals surface area contributed by atoms with Crippen molar-refractivity contribution in [3.8, 4) is 11.5 Å². The number of carbonyl (C=O) groups excluding carboxylic acids is 1. The Morgan fingerprint density at radius 3 is 2.62 bits per heavy atom. The lowest BCUT2D eigenvalue weighted by atomic mass is 10.1. The molecule has 1 rings (SSSR count). The van der Waals surface area contributed by atoms with Gasteiger partial charge in [0.25, 0.3) is 0 Å². The fourth-order valence-corrected chi connectivity index (χ4v) is 1.21. The fourth-order valence-electron chi connectivity index (χ4n) is 1.21. The average molecular weight is 308 g/mol. The second kappa shape index (κ2) is 5.94. The minimum atomic E-state index is -5.08. The van der Waals surface area contributed by atoms with Gasteiger partial charge in [-0.2, -0.15) is 5.10 Å². The summed E-state index contributed by atoms with van der Waals surface area (Å²) in [6, 6.07) is -0.0492. The van der Waals surface area contributed by atoms with E-state index in [-0.39, 0.29) is 0 Å². The number of rotatable bonds is 4. The molecular weight excluding hydrogens is 301 g/mol. The summed E-state index contributed by atoms with van der Waals surface area (Å²) in [5.74, 6) is -1.89. The lowest BCUT2D eigenvalue weighted by Gasteiger charge is -2.10. The molecule has 9 nitrogen and oxygen atoms in total. The minimum Gasteiger partial charge on any atom is -0.502 e. The molecular formula is C9H7F3N4O5. The zero-order chi connectivity index (χ0) is 16.2. The lowest BCUT2D eigenvalue weighted by molar-refractivity contribution is -0.386. The second-order valence-corrected chi connectivity index (χ2v) is 3.42. The zero-order valence-electron chi connectivity index (χ0n) is 9.92. The van der Waals surface area contributed by atoms with E-state index in [4.69, 9.17) is 0 Å². The molecule has 0 unspecified atom stereocenters. The topological polar surface area (TPSA) is 140 Å². The highest BCUT2D eigenvalue weighted by atomic mass is 19.4. The predicted octanol–water partition coefficient (Wildman–Crippen LogP) is 1.20. The molecule has 1 aromatic rings. The maximum atomic E-state index is 12.1. The van der Waals surface area contributed by atoms with Gasteiger partial charge in [-0.25, -0.2) is 10.2 Å². The van der Waals surface area contributed by atoms with Crippen molar-refractivity contribution in [2.45, 2.75) is 6.36 Å². The van der Waals surface area contributed by atoms with Crippen molar-refractivity contribution < 1.29 is 32.7 Å². The standard InChI is InChI=1S/C9H7F3N4O5/c10-9(11,12)21-5-1-4(3-14-15-8(13)18)7(17)6(2-5)16(19)20/h1-3,17H,(H3,13,15,18). The normalized spacial score (nSPS) is 11.4. The van der Waals surface area contributed by atoms with Gasteiger partial charge in [-0.1, -0.05) is 0 Å². The van der Waals surface area contributed by atoms with Crippen molar-refractivity contribution in [1.29, 1.82) is 0 Å². The van der Waals surface area contributed by atoms with Crippen molar-refractivity contribution in [2.24, 2.45) is 10.8 Å². The van der Waals surface area contributed by atoms with Gasteiger partial charge < -0.3 is 15.6 Å². The van der Waals surface area contributed by atoms with Crippen LogP contribution in [-0.4, -0.2) is 28.6 Å². The molecule has 0 aromatic heterocycles. The van der Waals surface area contributed by atoms with Gasteiger partial charge in [0.05, 0.1) is 17.2 Å². The number of hydrazone groups is 1. The largest absolute Gasteiger partial charge is 0.573 e. The summed E-state index contributed by atoms with van der Waals surface area (Å²) in [6.45, 7) is 0. The summed E-state index contributed by atoms with van der Waals surface area (Å²) in [5, 5.41) is 23.4. The number of amides is 2. The molecule has 0 saturated heterocycles. The molecule has 0 aliphatic carbocycles. The van der Waals surface area contributed by atoms with E-state index in [1.807, 2.05) is 0 Å². The Hall–Kier alpha value is -3.05. The Morgan fingerprint density at radius 2 is 2.14 bits per heavy atom. The summed E-state index contributed by atoms with van der Waals surface area (Å²) in [6.07, 6.45) is -4.42. The van der Waals surface area contributed by atoms with E-state index in [0.29, 0.717) is 18.3 Å².